The van der Waals surface area contributed by atoms with Crippen molar-refractivity contribution in [2.24, 2.45) is 0 Å². The first-order chi connectivity index (χ1) is 13.7. The number of amides is 1. The molecule has 2 rings (SSSR count). The summed E-state index contributed by atoms with van der Waals surface area (Å²) in [5.41, 5.74) is 1.56. The third kappa shape index (κ3) is 7.91. The first-order valence-corrected chi connectivity index (χ1v) is 10.2. The molecule has 0 bridgehead atoms. The number of rotatable bonds is 13. The Kier molecular flexibility index (Phi) is 9.76. The maximum absolute atomic E-state index is 12.2. The molecule has 1 amide bonds. The molecule has 0 aliphatic heterocycles. The maximum Gasteiger partial charge on any atom is 0.243 e. The van der Waals surface area contributed by atoms with Crippen molar-refractivity contribution < 1.29 is 14.3 Å². The van der Waals surface area contributed by atoms with Gasteiger partial charge in [-0.3, -0.25) is 4.79 Å². The van der Waals surface area contributed by atoms with Gasteiger partial charge in [0.25, 0.3) is 0 Å². The second-order valence-corrected chi connectivity index (χ2v) is 6.62. The zero-order valence-corrected chi connectivity index (χ0v) is 17.0. The van der Waals surface area contributed by atoms with E-state index in [2.05, 4.69) is 17.6 Å². The molecule has 0 radical (unpaired) electrons. The average Bonchev–Trinajstić information content (AvgIpc) is 2.71. The molecule has 0 saturated heterocycles. The van der Waals surface area contributed by atoms with Crippen LogP contribution in [0.15, 0.2) is 48.5 Å². The van der Waals surface area contributed by atoms with Crippen molar-refractivity contribution in [3.63, 3.8) is 0 Å². The van der Waals surface area contributed by atoms with Crippen LogP contribution in [0.5, 0.6) is 11.5 Å². The third-order valence-corrected chi connectivity index (χ3v) is 4.28. The third-order valence-electron chi connectivity index (χ3n) is 4.28. The SMILES string of the molecule is CCCCCCCOc1ccc(NCC(=O)Nc2ccccc2OCC)cc1. The molecule has 0 atom stereocenters. The van der Waals surface area contributed by atoms with E-state index in [1.807, 2.05) is 55.5 Å². The molecule has 0 unspecified atom stereocenters. The van der Waals surface area contributed by atoms with Crippen LogP contribution in [-0.4, -0.2) is 25.7 Å². The summed E-state index contributed by atoms with van der Waals surface area (Å²) in [7, 11) is 0. The minimum atomic E-state index is -0.125. The van der Waals surface area contributed by atoms with Gasteiger partial charge in [0, 0.05) is 5.69 Å². The van der Waals surface area contributed by atoms with Crippen LogP contribution < -0.4 is 20.1 Å². The Hall–Kier alpha value is -2.69. The Morgan fingerprint density at radius 1 is 0.893 bits per heavy atom. The molecule has 0 aliphatic carbocycles. The van der Waals surface area contributed by atoms with E-state index >= 15 is 0 Å². The molecule has 0 aliphatic rings. The molecule has 28 heavy (non-hydrogen) atoms. The van der Waals surface area contributed by atoms with Crippen molar-refractivity contribution >= 4 is 17.3 Å². The second-order valence-electron chi connectivity index (χ2n) is 6.62. The normalized spacial score (nSPS) is 10.4. The van der Waals surface area contributed by atoms with E-state index in [1.54, 1.807) is 0 Å². The molecule has 2 aromatic rings. The van der Waals surface area contributed by atoms with Gasteiger partial charge in [-0.1, -0.05) is 44.7 Å². The van der Waals surface area contributed by atoms with E-state index < -0.39 is 0 Å². The summed E-state index contributed by atoms with van der Waals surface area (Å²) in [5.74, 6) is 1.41. The van der Waals surface area contributed by atoms with Crippen molar-refractivity contribution in [2.75, 3.05) is 30.4 Å². The van der Waals surface area contributed by atoms with Crippen LogP contribution in [0.3, 0.4) is 0 Å². The first kappa shape index (κ1) is 21.6. The molecule has 152 valence electrons. The Morgan fingerprint density at radius 3 is 2.39 bits per heavy atom. The van der Waals surface area contributed by atoms with E-state index in [9.17, 15) is 4.79 Å². The highest BCUT2D eigenvalue weighted by Gasteiger charge is 2.07. The number of unbranched alkanes of at least 4 members (excludes halogenated alkanes) is 4. The van der Waals surface area contributed by atoms with Crippen LogP contribution in [0.1, 0.15) is 46.0 Å². The van der Waals surface area contributed by atoms with E-state index in [-0.39, 0.29) is 12.5 Å². The number of carbonyl (C=O) groups is 1. The minimum Gasteiger partial charge on any atom is -0.494 e. The van der Waals surface area contributed by atoms with Crippen LogP contribution >= 0.6 is 0 Å². The lowest BCUT2D eigenvalue weighted by atomic mass is 10.2. The number of para-hydroxylation sites is 2. The second kappa shape index (κ2) is 12.7. The molecular formula is C23H32N2O3. The predicted molar refractivity (Wildman–Crippen MR) is 115 cm³/mol. The summed E-state index contributed by atoms with van der Waals surface area (Å²) in [4.78, 5) is 12.2. The van der Waals surface area contributed by atoms with Gasteiger partial charge in [0.2, 0.25) is 5.91 Å². The Labute approximate surface area is 168 Å². The maximum atomic E-state index is 12.2. The number of ether oxygens (including phenoxy) is 2. The van der Waals surface area contributed by atoms with E-state index in [1.165, 1.54) is 25.7 Å². The summed E-state index contributed by atoms with van der Waals surface area (Å²) in [6, 6.07) is 15.1. The number of anilines is 2. The molecule has 5 heteroatoms. The van der Waals surface area contributed by atoms with Crippen LogP contribution in [0, 0.1) is 0 Å². The van der Waals surface area contributed by atoms with Crippen molar-refractivity contribution in [2.45, 2.75) is 46.0 Å². The number of benzene rings is 2. The highest BCUT2D eigenvalue weighted by atomic mass is 16.5. The summed E-state index contributed by atoms with van der Waals surface area (Å²) in [6.45, 7) is 5.62. The van der Waals surface area contributed by atoms with Crippen molar-refractivity contribution in [3.8, 4) is 11.5 Å². The summed E-state index contributed by atoms with van der Waals surface area (Å²) in [6.07, 6.45) is 6.13. The van der Waals surface area contributed by atoms with Crippen LogP contribution in [0.4, 0.5) is 11.4 Å². The number of carbonyl (C=O) groups excluding carboxylic acids is 1. The summed E-state index contributed by atoms with van der Waals surface area (Å²) in [5, 5.41) is 6.00. The fourth-order valence-electron chi connectivity index (χ4n) is 2.79. The first-order valence-electron chi connectivity index (χ1n) is 10.2. The van der Waals surface area contributed by atoms with Gasteiger partial charge >= 0.3 is 0 Å². The quantitative estimate of drug-likeness (QED) is 0.449. The molecule has 0 aromatic heterocycles. The van der Waals surface area contributed by atoms with Gasteiger partial charge in [0.1, 0.15) is 11.5 Å². The Morgan fingerprint density at radius 2 is 1.64 bits per heavy atom. The van der Waals surface area contributed by atoms with Gasteiger partial charge < -0.3 is 20.1 Å². The molecule has 0 saturated carbocycles. The van der Waals surface area contributed by atoms with E-state index in [0.717, 1.165) is 24.5 Å². The highest BCUT2D eigenvalue weighted by Crippen LogP contribution is 2.23. The van der Waals surface area contributed by atoms with Crippen molar-refractivity contribution in [1.29, 1.82) is 0 Å². The average molecular weight is 385 g/mol. The lowest BCUT2D eigenvalue weighted by Crippen LogP contribution is -2.22. The topological polar surface area (TPSA) is 59.6 Å². The molecular weight excluding hydrogens is 352 g/mol. The van der Waals surface area contributed by atoms with Crippen molar-refractivity contribution in [3.05, 3.63) is 48.5 Å². The van der Waals surface area contributed by atoms with Gasteiger partial charge in [-0.15, -0.1) is 0 Å². The smallest absolute Gasteiger partial charge is 0.243 e. The predicted octanol–water partition coefficient (Wildman–Crippen LogP) is 5.49. The van der Waals surface area contributed by atoms with Crippen LogP contribution in [0.2, 0.25) is 0 Å². The Bertz CT molecular complexity index is 701. The largest absolute Gasteiger partial charge is 0.494 e. The van der Waals surface area contributed by atoms with Crippen molar-refractivity contribution in [1.82, 2.24) is 0 Å². The fraction of sp³-hybridized carbons (Fsp3) is 0.435. The minimum absolute atomic E-state index is 0.125. The van der Waals surface area contributed by atoms with Gasteiger partial charge in [0.15, 0.2) is 0 Å². The van der Waals surface area contributed by atoms with Gasteiger partial charge in [0.05, 0.1) is 25.4 Å². The van der Waals surface area contributed by atoms with Crippen LogP contribution in [-0.2, 0) is 4.79 Å². The lowest BCUT2D eigenvalue weighted by Gasteiger charge is -2.12. The van der Waals surface area contributed by atoms with Gasteiger partial charge in [-0.05, 0) is 49.7 Å². The lowest BCUT2D eigenvalue weighted by molar-refractivity contribution is -0.114. The molecule has 5 nitrogen and oxygen atoms in total. The number of hydrogen-bond donors (Lipinski definition) is 2. The summed E-state index contributed by atoms with van der Waals surface area (Å²) < 4.78 is 11.3. The molecule has 0 heterocycles. The summed E-state index contributed by atoms with van der Waals surface area (Å²) >= 11 is 0. The number of hydrogen-bond acceptors (Lipinski definition) is 4. The highest BCUT2D eigenvalue weighted by molar-refractivity contribution is 5.95. The van der Waals surface area contributed by atoms with Crippen LogP contribution in [0.25, 0.3) is 0 Å². The van der Waals surface area contributed by atoms with Gasteiger partial charge in [-0.2, -0.15) is 0 Å². The Balaban J connectivity index is 1.72. The zero-order chi connectivity index (χ0) is 20.0. The standard InChI is InChI=1S/C23H32N2O3/c1-3-5-6-7-10-17-28-20-15-13-19(14-16-20)24-18-23(26)25-21-11-8-9-12-22(21)27-4-2/h8-9,11-16,24H,3-7,10,17-18H2,1-2H3,(H,25,26). The van der Waals surface area contributed by atoms with E-state index in [4.69, 9.17) is 9.47 Å². The number of nitrogens with one attached hydrogen (secondary N) is 2. The monoisotopic (exact) mass is 384 g/mol. The molecule has 0 spiro atoms. The molecule has 0 fully saturated rings. The molecule has 2 N–H and O–H groups in total. The van der Waals surface area contributed by atoms with E-state index in [0.29, 0.717) is 18.0 Å². The molecule has 2 aromatic carbocycles. The fourth-order valence-corrected chi connectivity index (χ4v) is 2.79. The zero-order valence-electron chi connectivity index (χ0n) is 17.0. The van der Waals surface area contributed by atoms with Gasteiger partial charge in [-0.25, -0.2) is 0 Å².